The standard InChI is InChI=1S/C28H31ClFN3O4/c29-20-4-1-3-18(13-20)22-5-2-6-23(22)25(34)26(35)27(36)28(37)32-16-17-9-11-33(12-10-17)24-8-7-21(30)14-19(24)15-31/h1,3-4,7-8,13-14,17,22-23,26-27,35-36H,2,5-6,9-12,16H2,(H,32,37)/t22-,23?,26+,27-/m1/s1. The summed E-state index contributed by atoms with van der Waals surface area (Å²) in [5, 5.41) is 33.5. The molecule has 4 rings (SSSR count). The van der Waals surface area contributed by atoms with Gasteiger partial charge in [0.25, 0.3) is 5.91 Å². The number of piperidine rings is 1. The Labute approximate surface area is 220 Å². The van der Waals surface area contributed by atoms with Gasteiger partial charge in [-0.05, 0) is 73.4 Å². The molecule has 1 aliphatic carbocycles. The van der Waals surface area contributed by atoms with Gasteiger partial charge in [0, 0.05) is 30.6 Å². The molecule has 9 heteroatoms. The number of carbonyl (C=O) groups excluding carboxylic acids is 2. The number of Topliss-reactive ketones (excluding diaryl/α,β-unsaturated/α-hetero) is 1. The molecule has 196 valence electrons. The van der Waals surface area contributed by atoms with E-state index in [1.807, 2.05) is 29.2 Å². The number of hydrogen-bond acceptors (Lipinski definition) is 6. The van der Waals surface area contributed by atoms with E-state index in [-0.39, 0.29) is 17.4 Å². The first-order chi connectivity index (χ1) is 17.8. The Morgan fingerprint density at radius 3 is 2.57 bits per heavy atom. The molecule has 0 spiro atoms. The second-order valence-corrected chi connectivity index (χ2v) is 10.4. The summed E-state index contributed by atoms with van der Waals surface area (Å²) in [6.45, 7) is 1.57. The van der Waals surface area contributed by atoms with Gasteiger partial charge in [-0.2, -0.15) is 5.26 Å². The van der Waals surface area contributed by atoms with E-state index >= 15 is 0 Å². The second kappa shape index (κ2) is 12.0. The first-order valence-electron chi connectivity index (χ1n) is 12.7. The summed E-state index contributed by atoms with van der Waals surface area (Å²) >= 11 is 6.11. The van der Waals surface area contributed by atoms with Crippen LogP contribution in [0.4, 0.5) is 10.1 Å². The van der Waals surface area contributed by atoms with Crippen molar-refractivity contribution in [3.63, 3.8) is 0 Å². The largest absolute Gasteiger partial charge is 0.382 e. The molecular weight excluding hydrogens is 497 g/mol. The van der Waals surface area contributed by atoms with Gasteiger partial charge >= 0.3 is 0 Å². The molecule has 2 fully saturated rings. The molecule has 0 bridgehead atoms. The van der Waals surface area contributed by atoms with Crippen molar-refractivity contribution in [2.75, 3.05) is 24.5 Å². The zero-order valence-electron chi connectivity index (χ0n) is 20.4. The zero-order valence-corrected chi connectivity index (χ0v) is 21.2. The minimum atomic E-state index is -1.84. The summed E-state index contributed by atoms with van der Waals surface area (Å²) in [6.07, 6.45) is -0.0119. The van der Waals surface area contributed by atoms with Gasteiger partial charge in [0.15, 0.2) is 11.9 Å². The Balaban J connectivity index is 1.27. The molecule has 0 aromatic heterocycles. The molecular formula is C28H31ClFN3O4. The van der Waals surface area contributed by atoms with Crippen molar-refractivity contribution in [3.05, 3.63) is 64.4 Å². The third-order valence-electron chi connectivity index (χ3n) is 7.62. The average Bonchev–Trinajstić information content (AvgIpc) is 3.41. The van der Waals surface area contributed by atoms with Crippen LogP contribution >= 0.6 is 11.6 Å². The molecule has 1 saturated heterocycles. The molecule has 0 radical (unpaired) electrons. The molecule has 1 unspecified atom stereocenters. The highest BCUT2D eigenvalue weighted by molar-refractivity contribution is 6.30. The van der Waals surface area contributed by atoms with E-state index in [0.29, 0.717) is 36.8 Å². The third kappa shape index (κ3) is 6.30. The van der Waals surface area contributed by atoms with Gasteiger partial charge in [0.1, 0.15) is 18.0 Å². The van der Waals surface area contributed by atoms with Crippen LogP contribution in [0.25, 0.3) is 0 Å². The monoisotopic (exact) mass is 527 g/mol. The van der Waals surface area contributed by atoms with Gasteiger partial charge in [-0.1, -0.05) is 30.2 Å². The van der Waals surface area contributed by atoms with E-state index in [1.165, 1.54) is 12.1 Å². The summed E-state index contributed by atoms with van der Waals surface area (Å²) < 4.78 is 13.4. The summed E-state index contributed by atoms with van der Waals surface area (Å²) in [7, 11) is 0. The number of nitriles is 1. The van der Waals surface area contributed by atoms with Crippen LogP contribution in [-0.2, 0) is 9.59 Å². The maximum atomic E-state index is 13.4. The summed E-state index contributed by atoms with van der Waals surface area (Å²) in [5.41, 5.74) is 1.89. The van der Waals surface area contributed by atoms with Crippen molar-refractivity contribution in [2.24, 2.45) is 11.8 Å². The van der Waals surface area contributed by atoms with E-state index in [9.17, 15) is 29.5 Å². The van der Waals surface area contributed by atoms with Crippen molar-refractivity contribution in [3.8, 4) is 6.07 Å². The van der Waals surface area contributed by atoms with Crippen LogP contribution in [0.1, 0.15) is 49.1 Å². The van der Waals surface area contributed by atoms with Crippen molar-refractivity contribution in [2.45, 2.75) is 50.2 Å². The number of aliphatic hydroxyl groups excluding tert-OH is 2. The number of amides is 1. The topological polar surface area (TPSA) is 114 Å². The summed E-state index contributed by atoms with van der Waals surface area (Å²) in [6, 6.07) is 13.5. The summed E-state index contributed by atoms with van der Waals surface area (Å²) in [4.78, 5) is 27.6. The number of anilines is 1. The molecule has 2 aromatic carbocycles. The molecule has 7 nitrogen and oxygen atoms in total. The Hall–Kier alpha value is -2.99. The smallest absolute Gasteiger partial charge is 0.252 e. The van der Waals surface area contributed by atoms with E-state index in [2.05, 4.69) is 5.32 Å². The van der Waals surface area contributed by atoms with Gasteiger partial charge in [-0.3, -0.25) is 9.59 Å². The maximum Gasteiger partial charge on any atom is 0.252 e. The normalized spacial score (nSPS) is 21.8. The second-order valence-electron chi connectivity index (χ2n) is 9.94. The lowest BCUT2D eigenvalue weighted by molar-refractivity contribution is -0.147. The molecule has 37 heavy (non-hydrogen) atoms. The van der Waals surface area contributed by atoms with E-state index in [1.54, 1.807) is 12.1 Å². The summed E-state index contributed by atoms with van der Waals surface area (Å²) in [5.74, 6) is -2.20. The lowest BCUT2D eigenvalue weighted by Gasteiger charge is -2.34. The Morgan fingerprint density at radius 2 is 1.86 bits per heavy atom. The Morgan fingerprint density at radius 1 is 1.11 bits per heavy atom. The molecule has 1 heterocycles. The first kappa shape index (κ1) is 27.1. The van der Waals surface area contributed by atoms with Crippen LogP contribution in [-0.4, -0.2) is 53.7 Å². The van der Waals surface area contributed by atoms with Crippen LogP contribution in [0, 0.1) is 29.0 Å². The van der Waals surface area contributed by atoms with Crippen molar-refractivity contribution in [1.29, 1.82) is 5.26 Å². The highest BCUT2D eigenvalue weighted by Crippen LogP contribution is 2.41. The van der Waals surface area contributed by atoms with Gasteiger partial charge < -0.3 is 20.4 Å². The third-order valence-corrected chi connectivity index (χ3v) is 7.85. The number of nitrogens with one attached hydrogen (secondary N) is 1. The van der Waals surface area contributed by atoms with Crippen LogP contribution in [0.15, 0.2) is 42.5 Å². The van der Waals surface area contributed by atoms with E-state index in [4.69, 9.17) is 11.6 Å². The molecule has 2 aromatic rings. The number of halogens is 2. The number of nitrogens with zero attached hydrogens (tertiary/aromatic N) is 2. The molecule has 3 N–H and O–H groups in total. The maximum absolute atomic E-state index is 13.4. The van der Waals surface area contributed by atoms with E-state index < -0.39 is 35.6 Å². The van der Waals surface area contributed by atoms with Crippen molar-refractivity contribution >= 4 is 29.0 Å². The Bertz CT molecular complexity index is 1180. The van der Waals surface area contributed by atoms with E-state index in [0.717, 1.165) is 31.2 Å². The van der Waals surface area contributed by atoms with Crippen LogP contribution in [0.5, 0.6) is 0 Å². The van der Waals surface area contributed by atoms with Crippen LogP contribution in [0.3, 0.4) is 0 Å². The lowest BCUT2D eigenvalue weighted by Crippen LogP contribution is -2.49. The highest BCUT2D eigenvalue weighted by atomic mass is 35.5. The first-order valence-corrected chi connectivity index (χ1v) is 13.0. The molecule has 1 saturated carbocycles. The number of carbonyl (C=O) groups is 2. The number of benzene rings is 2. The molecule has 1 aliphatic heterocycles. The molecule has 4 atom stereocenters. The number of rotatable bonds is 8. The zero-order chi connectivity index (χ0) is 26.5. The molecule has 2 aliphatic rings. The lowest BCUT2D eigenvalue weighted by atomic mass is 9.83. The average molecular weight is 528 g/mol. The predicted molar refractivity (Wildman–Crippen MR) is 138 cm³/mol. The van der Waals surface area contributed by atoms with Crippen LogP contribution < -0.4 is 10.2 Å². The fraction of sp³-hybridized carbons (Fsp3) is 0.464. The number of hydrogen-bond donors (Lipinski definition) is 3. The van der Waals surface area contributed by atoms with Gasteiger partial charge in [0.2, 0.25) is 0 Å². The van der Waals surface area contributed by atoms with Crippen molar-refractivity contribution < 1.29 is 24.2 Å². The predicted octanol–water partition coefficient (Wildman–Crippen LogP) is 3.56. The fourth-order valence-corrected chi connectivity index (χ4v) is 5.75. The fourth-order valence-electron chi connectivity index (χ4n) is 5.56. The number of aliphatic hydroxyl groups is 2. The quantitative estimate of drug-likeness (QED) is 0.484. The van der Waals surface area contributed by atoms with Gasteiger partial charge in [-0.15, -0.1) is 0 Å². The van der Waals surface area contributed by atoms with Gasteiger partial charge in [0.05, 0.1) is 11.3 Å². The number of ketones is 1. The molecule has 1 amide bonds. The SMILES string of the molecule is N#Cc1cc(F)ccc1N1CCC(CNC(=O)[C@H](O)[C@@H](O)C(=O)C2CCC[C@@H]2c2cccc(Cl)c2)CC1. The van der Waals surface area contributed by atoms with Crippen molar-refractivity contribution in [1.82, 2.24) is 5.32 Å². The van der Waals surface area contributed by atoms with Crippen LogP contribution in [0.2, 0.25) is 5.02 Å². The highest BCUT2D eigenvalue weighted by Gasteiger charge is 2.41. The minimum Gasteiger partial charge on any atom is -0.382 e. The Kier molecular flexibility index (Phi) is 8.80. The minimum absolute atomic E-state index is 0.107. The van der Waals surface area contributed by atoms with Gasteiger partial charge in [-0.25, -0.2) is 4.39 Å².